The number of benzene rings is 2. The summed E-state index contributed by atoms with van der Waals surface area (Å²) in [5, 5.41) is 3.34. The molecule has 0 spiro atoms. The van der Waals surface area contributed by atoms with Crippen LogP contribution in [0.25, 0.3) is 0 Å². The average molecular weight is 324 g/mol. The van der Waals surface area contributed by atoms with Crippen molar-refractivity contribution in [1.82, 2.24) is 0 Å². The van der Waals surface area contributed by atoms with Gasteiger partial charge in [-0.2, -0.15) is 0 Å². The Kier molecular flexibility index (Phi) is 5.48. The topological polar surface area (TPSA) is 38.3 Å². The van der Waals surface area contributed by atoms with E-state index in [1.807, 2.05) is 6.92 Å². The number of alkyl halides is 1. The fourth-order valence-electron chi connectivity index (χ4n) is 1.89. The van der Waals surface area contributed by atoms with Crippen molar-refractivity contribution in [2.45, 2.75) is 12.8 Å². The zero-order chi connectivity index (χ0) is 15.2. The first kappa shape index (κ1) is 15.7. The van der Waals surface area contributed by atoms with Gasteiger partial charge in [0.15, 0.2) is 0 Å². The molecule has 3 nitrogen and oxygen atoms in total. The SMILES string of the molecule is CCOc1ccc(NC(=O)c2cccc(Cl)c2)cc1CCl. The molecule has 0 saturated heterocycles. The molecule has 1 N–H and O–H groups in total. The van der Waals surface area contributed by atoms with Crippen LogP contribution in [-0.2, 0) is 5.88 Å². The molecule has 110 valence electrons. The lowest BCUT2D eigenvalue weighted by molar-refractivity contribution is 0.102. The molecule has 1 amide bonds. The molecule has 0 aliphatic heterocycles. The van der Waals surface area contributed by atoms with Crippen LogP contribution in [0.5, 0.6) is 5.75 Å². The quantitative estimate of drug-likeness (QED) is 0.808. The molecule has 2 aromatic rings. The Morgan fingerprint density at radius 1 is 1.24 bits per heavy atom. The van der Waals surface area contributed by atoms with Crippen LogP contribution < -0.4 is 10.1 Å². The second-order valence-corrected chi connectivity index (χ2v) is 5.06. The molecule has 0 heterocycles. The van der Waals surface area contributed by atoms with Gasteiger partial charge in [-0.05, 0) is 43.3 Å². The molecule has 0 aliphatic carbocycles. The molecule has 0 unspecified atom stereocenters. The largest absolute Gasteiger partial charge is 0.494 e. The van der Waals surface area contributed by atoms with Crippen LogP contribution in [0.2, 0.25) is 5.02 Å². The van der Waals surface area contributed by atoms with Crippen molar-refractivity contribution in [1.29, 1.82) is 0 Å². The van der Waals surface area contributed by atoms with Crippen molar-refractivity contribution in [3.05, 3.63) is 58.6 Å². The number of rotatable bonds is 5. The Bertz CT molecular complexity index is 644. The van der Waals surface area contributed by atoms with E-state index in [1.165, 1.54) is 0 Å². The predicted molar refractivity (Wildman–Crippen MR) is 86.6 cm³/mol. The predicted octanol–water partition coefficient (Wildman–Crippen LogP) is 4.73. The first-order valence-electron chi connectivity index (χ1n) is 6.52. The van der Waals surface area contributed by atoms with Crippen LogP contribution >= 0.6 is 23.2 Å². The maximum atomic E-state index is 12.1. The lowest BCUT2D eigenvalue weighted by Gasteiger charge is -2.11. The van der Waals surface area contributed by atoms with Crippen LogP contribution in [0.15, 0.2) is 42.5 Å². The number of hydrogen-bond donors (Lipinski definition) is 1. The molecule has 0 saturated carbocycles. The Morgan fingerprint density at radius 2 is 2.05 bits per heavy atom. The number of amides is 1. The van der Waals surface area contributed by atoms with E-state index >= 15 is 0 Å². The summed E-state index contributed by atoms with van der Waals surface area (Å²) in [6.45, 7) is 2.48. The summed E-state index contributed by atoms with van der Waals surface area (Å²) in [5.41, 5.74) is 2.00. The number of carbonyl (C=O) groups excluding carboxylic acids is 1. The van der Waals surface area contributed by atoms with Gasteiger partial charge < -0.3 is 10.1 Å². The molecule has 2 rings (SSSR count). The van der Waals surface area contributed by atoms with Gasteiger partial charge in [0.2, 0.25) is 0 Å². The van der Waals surface area contributed by atoms with E-state index in [-0.39, 0.29) is 5.91 Å². The molecule has 0 fully saturated rings. The van der Waals surface area contributed by atoms with Gasteiger partial charge in [-0.15, -0.1) is 11.6 Å². The minimum atomic E-state index is -0.220. The van der Waals surface area contributed by atoms with Crippen LogP contribution in [0.1, 0.15) is 22.8 Å². The van der Waals surface area contributed by atoms with Gasteiger partial charge in [0, 0.05) is 21.8 Å². The van der Waals surface area contributed by atoms with Crippen molar-refractivity contribution in [2.24, 2.45) is 0 Å². The minimum Gasteiger partial charge on any atom is -0.494 e. The van der Waals surface area contributed by atoms with E-state index in [2.05, 4.69) is 5.32 Å². The van der Waals surface area contributed by atoms with Gasteiger partial charge in [-0.1, -0.05) is 17.7 Å². The molecule has 0 radical (unpaired) electrons. The summed E-state index contributed by atoms with van der Waals surface area (Å²) in [7, 11) is 0. The molecule has 2 aromatic carbocycles. The number of nitrogens with one attached hydrogen (secondary N) is 1. The van der Waals surface area contributed by atoms with E-state index in [1.54, 1.807) is 42.5 Å². The van der Waals surface area contributed by atoms with E-state index < -0.39 is 0 Å². The van der Waals surface area contributed by atoms with Crippen molar-refractivity contribution < 1.29 is 9.53 Å². The zero-order valence-electron chi connectivity index (χ0n) is 11.5. The Morgan fingerprint density at radius 3 is 2.71 bits per heavy atom. The second kappa shape index (κ2) is 7.34. The molecular weight excluding hydrogens is 309 g/mol. The van der Waals surface area contributed by atoms with Crippen LogP contribution in [-0.4, -0.2) is 12.5 Å². The molecule has 0 aliphatic rings. The van der Waals surface area contributed by atoms with Crippen molar-refractivity contribution in [3.63, 3.8) is 0 Å². The van der Waals surface area contributed by atoms with E-state index in [0.717, 1.165) is 11.3 Å². The lowest BCUT2D eigenvalue weighted by Crippen LogP contribution is -2.12. The van der Waals surface area contributed by atoms with E-state index in [0.29, 0.717) is 28.8 Å². The summed E-state index contributed by atoms with van der Waals surface area (Å²) in [6, 6.07) is 12.2. The first-order valence-corrected chi connectivity index (χ1v) is 7.44. The standard InChI is InChI=1S/C16H15Cl2NO2/c1-2-21-15-7-6-14(9-12(15)10-17)19-16(20)11-4-3-5-13(18)8-11/h3-9H,2,10H2,1H3,(H,19,20). The summed E-state index contributed by atoms with van der Waals surface area (Å²) in [6.07, 6.45) is 0. The number of ether oxygens (including phenoxy) is 1. The summed E-state index contributed by atoms with van der Waals surface area (Å²) in [5.74, 6) is 0.825. The highest BCUT2D eigenvalue weighted by Gasteiger charge is 2.09. The van der Waals surface area contributed by atoms with Gasteiger partial charge in [0.05, 0.1) is 12.5 Å². The van der Waals surface area contributed by atoms with Crippen LogP contribution in [0, 0.1) is 0 Å². The first-order chi connectivity index (χ1) is 10.1. The lowest BCUT2D eigenvalue weighted by atomic mass is 10.1. The van der Waals surface area contributed by atoms with Crippen molar-refractivity contribution >= 4 is 34.8 Å². The fraction of sp³-hybridized carbons (Fsp3) is 0.188. The van der Waals surface area contributed by atoms with Gasteiger partial charge in [0.1, 0.15) is 5.75 Å². The minimum absolute atomic E-state index is 0.220. The van der Waals surface area contributed by atoms with E-state index in [9.17, 15) is 4.79 Å². The number of hydrogen-bond acceptors (Lipinski definition) is 2. The second-order valence-electron chi connectivity index (χ2n) is 4.35. The number of carbonyl (C=O) groups is 1. The monoisotopic (exact) mass is 323 g/mol. The fourth-order valence-corrected chi connectivity index (χ4v) is 2.29. The third-order valence-corrected chi connectivity index (χ3v) is 3.37. The normalized spacial score (nSPS) is 10.2. The van der Waals surface area contributed by atoms with Gasteiger partial charge in [0.25, 0.3) is 5.91 Å². The highest BCUT2D eigenvalue weighted by molar-refractivity contribution is 6.31. The van der Waals surface area contributed by atoms with Gasteiger partial charge in [-0.25, -0.2) is 0 Å². The maximum absolute atomic E-state index is 12.1. The van der Waals surface area contributed by atoms with Gasteiger partial charge in [-0.3, -0.25) is 4.79 Å². The molecule has 0 bridgehead atoms. The third-order valence-electron chi connectivity index (χ3n) is 2.85. The van der Waals surface area contributed by atoms with Crippen molar-refractivity contribution in [2.75, 3.05) is 11.9 Å². The van der Waals surface area contributed by atoms with Gasteiger partial charge >= 0.3 is 0 Å². The Hall–Kier alpha value is -1.71. The van der Waals surface area contributed by atoms with E-state index in [4.69, 9.17) is 27.9 Å². The highest BCUT2D eigenvalue weighted by atomic mass is 35.5. The van der Waals surface area contributed by atoms with Crippen LogP contribution in [0.4, 0.5) is 5.69 Å². The number of anilines is 1. The smallest absolute Gasteiger partial charge is 0.255 e. The Balaban J connectivity index is 2.17. The maximum Gasteiger partial charge on any atom is 0.255 e. The summed E-state index contributed by atoms with van der Waals surface area (Å²) in [4.78, 5) is 12.1. The Labute approximate surface area is 133 Å². The summed E-state index contributed by atoms with van der Waals surface area (Å²) < 4.78 is 5.47. The third kappa shape index (κ3) is 4.13. The molecule has 21 heavy (non-hydrogen) atoms. The zero-order valence-corrected chi connectivity index (χ0v) is 13.0. The summed E-state index contributed by atoms with van der Waals surface area (Å²) >= 11 is 11.8. The van der Waals surface area contributed by atoms with Crippen LogP contribution in [0.3, 0.4) is 0 Å². The number of halogens is 2. The highest BCUT2D eigenvalue weighted by Crippen LogP contribution is 2.25. The molecule has 5 heteroatoms. The molecule has 0 aromatic heterocycles. The molecule has 0 atom stereocenters. The van der Waals surface area contributed by atoms with Crippen molar-refractivity contribution in [3.8, 4) is 5.75 Å². The molecular formula is C16H15Cl2NO2. The average Bonchev–Trinajstić information content (AvgIpc) is 2.49.